The quantitative estimate of drug-likeness (QED) is 0.782. The second-order valence-electron chi connectivity index (χ2n) is 4.77. The Balaban J connectivity index is 1.97. The third kappa shape index (κ3) is 3.37. The highest BCUT2D eigenvalue weighted by molar-refractivity contribution is 5.80. The van der Waals surface area contributed by atoms with Crippen LogP contribution in [0.5, 0.6) is 0 Å². The van der Waals surface area contributed by atoms with Crippen molar-refractivity contribution in [3.63, 3.8) is 0 Å². The van der Waals surface area contributed by atoms with E-state index >= 15 is 0 Å². The molecule has 1 amide bonds. The molecule has 2 heterocycles. The smallest absolute Gasteiger partial charge is 0.245 e. The van der Waals surface area contributed by atoms with Gasteiger partial charge in [0.2, 0.25) is 11.9 Å². The Morgan fingerprint density at radius 1 is 1.26 bits per heavy atom. The van der Waals surface area contributed by atoms with Crippen molar-refractivity contribution in [3.8, 4) is 0 Å². The lowest BCUT2D eigenvalue weighted by Gasteiger charge is -2.29. The van der Waals surface area contributed by atoms with E-state index in [1.807, 2.05) is 25.8 Å². The van der Waals surface area contributed by atoms with Gasteiger partial charge < -0.3 is 15.1 Å². The lowest BCUT2D eigenvalue weighted by atomic mass is 10.3. The second-order valence-corrected chi connectivity index (χ2v) is 4.77. The predicted octanol–water partition coefficient (Wildman–Crippen LogP) is -0.644. The number of carbonyl (C=O) groups excluding carboxylic acids is 1. The van der Waals surface area contributed by atoms with Gasteiger partial charge >= 0.3 is 0 Å². The molecule has 7 nitrogen and oxygen atoms in total. The van der Waals surface area contributed by atoms with E-state index < -0.39 is 0 Å². The van der Waals surface area contributed by atoms with Gasteiger partial charge in [0.25, 0.3) is 0 Å². The summed E-state index contributed by atoms with van der Waals surface area (Å²) in [6.45, 7) is 7.28. The number of anilines is 1. The molecule has 0 spiro atoms. The van der Waals surface area contributed by atoms with Crippen LogP contribution >= 0.6 is 0 Å². The molecule has 0 atom stereocenters. The molecule has 1 aromatic heterocycles. The average molecular weight is 264 g/mol. The first-order chi connectivity index (χ1) is 9.08. The van der Waals surface area contributed by atoms with Crippen molar-refractivity contribution in [1.29, 1.82) is 0 Å². The summed E-state index contributed by atoms with van der Waals surface area (Å²) < 4.78 is 0. The molecule has 0 radical (unpaired) electrons. The Hall–Kier alpha value is -1.76. The van der Waals surface area contributed by atoms with Crippen LogP contribution in [0.1, 0.15) is 11.4 Å². The van der Waals surface area contributed by atoms with Crippen LogP contribution in [-0.2, 0) is 4.79 Å². The second kappa shape index (κ2) is 5.92. The van der Waals surface area contributed by atoms with Crippen LogP contribution in [0.3, 0.4) is 0 Å². The van der Waals surface area contributed by atoms with Gasteiger partial charge in [-0.1, -0.05) is 0 Å². The Kier molecular flexibility index (Phi) is 4.26. The van der Waals surface area contributed by atoms with E-state index in [9.17, 15) is 4.79 Å². The van der Waals surface area contributed by atoms with Crippen LogP contribution in [0.2, 0.25) is 0 Å². The molecule has 1 aliphatic rings. The van der Waals surface area contributed by atoms with Crippen LogP contribution in [0.4, 0.5) is 5.95 Å². The van der Waals surface area contributed by atoms with Crippen molar-refractivity contribution in [1.82, 2.24) is 25.4 Å². The van der Waals surface area contributed by atoms with Gasteiger partial charge in [-0.3, -0.25) is 4.79 Å². The first kappa shape index (κ1) is 13.7. The molecule has 1 aliphatic heterocycles. The van der Waals surface area contributed by atoms with Crippen molar-refractivity contribution in [3.05, 3.63) is 11.4 Å². The number of hydrogen-bond acceptors (Lipinski definition) is 6. The number of aryl methyl sites for hydroxylation is 2. The van der Waals surface area contributed by atoms with Gasteiger partial charge in [-0.05, 0) is 13.8 Å². The largest absolute Gasteiger partial charge is 0.339 e. The Morgan fingerprint density at radius 2 is 1.95 bits per heavy atom. The van der Waals surface area contributed by atoms with Crippen molar-refractivity contribution >= 4 is 11.9 Å². The van der Waals surface area contributed by atoms with E-state index in [0.717, 1.165) is 37.6 Å². The summed E-state index contributed by atoms with van der Waals surface area (Å²) in [6.07, 6.45) is 0. The number of rotatable bonds is 3. The van der Waals surface area contributed by atoms with Crippen LogP contribution in [0.15, 0.2) is 0 Å². The van der Waals surface area contributed by atoms with E-state index in [4.69, 9.17) is 0 Å². The van der Waals surface area contributed by atoms with Crippen LogP contribution in [0, 0.1) is 13.8 Å². The van der Waals surface area contributed by atoms with Gasteiger partial charge in [-0.15, -0.1) is 5.10 Å². The maximum absolute atomic E-state index is 12.1. The van der Waals surface area contributed by atoms with Crippen molar-refractivity contribution in [2.24, 2.45) is 0 Å². The topological polar surface area (TPSA) is 74.2 Å². The summed E-state index contributed by atoms with van der Waals surface area (Å²) in [5.74, 6) is 0.595. The van der Waals surface area contributed by atoms with Crippen LogP contribution in [0.25, 0.3) is 0 Å². The zero-order valence-electron chi connectivity index (χ0n) is 11.7. The number of piperazine rings is 1. The summed E-state index contributed by atoms with van der Waals surface area (Å²) >= 11 is 0. The van der Waals surface area contributed by atoms with E-state index in [2.05, 4.69) is 20.5 Å². The third-order valence-electron chi connectivity index (χ3n) is 3.26. The third-order valence-corrected chi connectivity index (χ3v) is 3.26. The molecule has 0 unspecified atom stereocenters. The number of aromatic nitrogens is 3. The maximum atomic E-state index is 12.1. The van der Waals surface area contributed by atoms with E-state index in [0.29, 0.717) is 5.95 Å². The Labute approximate surface area is 113 Å². The molecule has 0 aliphatic carbocycles. The molecule has 2 rings (SSSR count). The van der Waals surface area contributed by atoms with E-state index in [1.165, 1.54) is 0 Å². The van der Waals surface area contributed by atoms with E-state index in [1.54, 1.807) is 4.90 Å². The summed E-state index contributed by atoms with van der Waals surface area (Å²) in [6, 6.07) is 0. The van der Waals surface area contributed by atoms with Gasteiger partial charge in [0.05, 0.1) is 17.9 Å². The first-order valence-corrected chi connectivity index (χ1v) is 6.45. The fourth-order valence-corrected chi connectivity index (χ4v) is 1.89. The highest BCUT2D eigenvalue weighted by Gasteiger charge is 2.19. The molecular formula is C12H20N6O. The van der Waals surface area contributed by atoms with Crippen molar-refractivity contribution in [2.75, 3.05) is 44.7 Å². The summed E-state index contributed by atoms with van der Waals surface area (Å²) in [5.41, 5.74) is 1.65. The Morgan fingerprint density at radius 3 is 2.58 bits per heavy atom. The average Bonchev–Trinajstić information content (AvgIpc) is 2.42. The molecule has 1 aromatic rings. The molecule has 1 fully saturated rings. The minimum absolute atomic E-state index is 0.103. The van der Waals surface area contributed by atoms with Crippen LogP contribution < -0.4 is 10.2 Å². The maximum Gasteiger partial charge on any atom is 0.245 e. The normalized spacial score (nSPS) is 15.4. The number of hydrogen-bond donors (Lipinski definition) is 1. The molecule has 104 valence electrons. The van der Waals surface area contributed by atoms with Gasteiger partial charge in [-0.2, -0.15) is 5.10 Å². The summed E-state index contributed by atoms with van der Waals surface area (Å²) in [5, 5.41) is 11.3. The monoisotopic (exact) mass is 264 g/mol. The SMILES string of the molecule is Cc1nnc(N(C)CC(=O)N2CCNCC2)nc1C. The molecule has 0 aromatic carbocycles. The number of nitrogens with one attached hydrogen (secondary N) is 1. The van der Waals surface area contributed by atoms with Gasteiger partial charge in [-0.25, -0.2) is 4.98 Å². The lowest BCUT2D eigenvalue weighted by molar-refractivity contribution is -0.130. The highest BCUT2D eigenvalue weighted by atomic mass is 16.2. The Bertz CT molecular complexity index is 458. The minimum atomic E-state index is 0.103. The first-order valence-electron chi connectivity index (χ1n) is 6.45. The predicted molar refractivity (Wildman–Crippen MR) is 72.0 cm³/mol. The summed E-state index contributed by atoms with van der Waals surface area (Å²) in [7, 11) is 1.81. The molecular weight excluding hydrogens is 244 g/mol. The minimum Gasteiger partial charge on any atom is -0.339 e. The summed E-state index contributed by atoms with van der Waals surface area (Å²) in [4.78, 5) is 20.1. The van der Waals surface area contributed by atoms with Gasteiger partial charge in [0.15, 0.2) is 0 Å². The fraction of sp³-hybridized carbons (Fsp3) is 0.667. The van der Waals surface area contributed by atoms with E-state index in [-0.39, 0.29) is 12.5 Å². The molecule has 1 N–H and O–H groups in total. The zero-order valence-corrected chi connectivity index (χ0v) is 11.7. The van der Waals surface area contributed by atoms with Crippen molar-refractivity contribution < 1.29 is 4.79 Å². The van der Waals surface area contributed by atoms with Crippen molar-refractivity contribution in [2.45, 2.75) is 13.8 Å². The molecule has 0 bridgehead atoms. The number of carbonyl (C=O) groups is 1. The number of nitrogens with zero attached hydrogens (tertiary/aromatic N) is 5. The van der Waals surface area contributed by atoms with Gasteiger partial charge in [0.1, 0.15) is 0 Å². The highest BCUT2D eigenvalue weighted by Crippen LogP contribution is 2.07. The molecule has 19 heavy (non-hydrogen) atoms. The number of amides is 1. The van der Waals surface area contributed by atoms with Crippen LogP contribution in [-0.4, -0.2) is 65.8 Å². The molecule has 7 heteroatoms. The molecule has 0 saturated carbocycles. The number of likely N-dealkylation sites (N-methyl/N-ethyl adjacent to an activating group) is 1. The fourth-order valence-electron chi connectivity index (χ4n) is 1.89. The lowest BCUT2D eigenvalue weighted by Crippen LogP contribution is -2.49. The zero-order chi connectivity index (χ0) is 13.8. The molecule has 1 saturated heterocycles. The standard InChI is InChI=1S/C12H20N6O/c1-9-10(2)15-16-12(14-9)17(3)8-11(19)18-6-4-13-5-7-18/h13H,4-8H2,1-3H3. The van der Waals surface area contributed by atoms with Gasteiger partial charge in [0, 0.05) is 33.2 Å².